The van der Waals surface area contributed by atoms with Crippen molar-refractivity contribution in [1.29, 1.82) is 0 Å². The number of amides is 1. The molecule has 1 amide bonds. The van der Waals surface area contributed by atoms with Crippen molar-refractivity contribution in [1.82, 2.24) is 4.98 Å². The summed E-state index contributed by atoms with van der Waals surface area (Å²) in [6.07, 6.45) is 5.08. The van der Waals surface area contributed by atoms with Gasteiger partial charge in [-0.2, -0.15) is 0 Å². The number of hydrogen-bond acceptors (Lipinski definition) is 4. The highest BCUT2D eigenvalue weighted by Crippen LogP contribution is 2.28. The van der Waals surface area contributed by atoms with Gasteiger partial charge in [-0.3, -0.25) is 4.79 Å². The summed E-state index contributed by atoms with van der Waals surface area (Å²) >= 11 is 7.66. The molecule has 0 saturated heterocycles. The fourth-order valence-electron chi connectivity index (χ4n) is 2.74. The Morgan fingerprint density at radius 2 is 2.17 bits per heavy atom. The zero-order valence-corrected chi connectivity index (χ0v) is 14.9. The van der Waals surface area contributed by atoms with Crippen molar-refractivity contribution >= 4 is 46.4 Å². The number of nitrogens with two attached hydrogens (primary N) is 1. The van der Waals surface area contributed by atoms with E-state index in [4.69, 9.17) is 17.3 Å². The molecule has 3 rings (SSSR count). The summed E-state index contributed by atoms with van der Waals surface area (Å²) in [5.41, 5.74) is 6.92. The van der Waals surface area contributed by atoms with Gasteiger partial charge in [0.05, 0.1) is 0 Å². The molecule has 23 heavy (non-hydrogen) atoms. The zero-order valence-electron chi connectivity index (χ0n) is 12.5. The second kappa shape index (κ2) is 8.11. The average molecular weight is 372 g/mol. The van der Waals surface area contributed by atoms with Crippen LogP contribution in [-0.2, 0) is 11.2 Å². The largest absolute Gasteiger partial charge is 0.328 e. The number of carbonyl (C=O) groups excluding carboxylic acids is 1. The van der Waals surface area contributed by atoms with Gasteiger partial charge < -0.3 is 11.1 Å². The number of nitrogens with zero attached hydrogens (tertiary/aromatic N) is 1. The summed E-state index contributed by atoms with van der Waals surface area (Å²) in [6, 6.07) is 7.91. The van der Waals surface area contributed by atoms with Gasteiger partial charge in [-0.25, -0.2) is 4.98 Å². The predicted octanol–water partition coefficient (Wildman–Crippen LogP) is 3.88. The van der Waals surface area contributed by atoms with Crippen LogP contribution in [0.25, 0.3) is 0 Å². The van der Waals surface area contributed by atoms with Crippen LogP contribution in [0.2, 0.25) is 5.02 Å². The molecule has 1 saturated carbocycles. The van der Waals surface area contributed by atoms with E-state index in [1.54, 1.807) is 6.20 Å². The topological polar surface area (TPSA) is 68.0 Å². The zero-order chi connectivity index (χ0) is 15.5. The molecule has 1 aromatic heterocycles. The van der Waals surface area contributed by atoms with E-state index in [2.05, 4.69) is 10.3 Å². The number of halogens is 2. The van der Waals surface area contributed by atoms with Gasteiger partial charge in [0.2, 0.25) is 5.91 Å². The van der Waals surface area contributed by atoms with Crippen molar-refractivity contribution in [3.63, 3.8) is 0 Å². The molecule has 7 heteroatoms. The molecule has 0 aliphatic heterocycles. The summed E-state index contributed by atoms with van der Waals surface area (Å²) < 4.78 is 0. The molecular weight excluding hydrogens is 353 g/mol. The van der Waals surface area contributed by atoms with Crippen LogP contribution >= 0.6 is 35.3 Å². The fourth-order valence-corrected chi connectivity index (χ4v) is 3.78. The third-order valence-electron chi connectivity index (χ3n) is 3.95. The van der Waals surface area contributed by atoms with Gasteiger partial charge in [-0.05, 0) is 30.9 Å². The highest BCUT2D eigenvalue weighted by atomic mass is 35.5. The summed E-state index contributed by atoms with van der Waals surface area (Å²) in [5.74, 6) is 0.0533. The molecule has 1 aromatic carbocycles. The number of hydrogen-bond donors (Lipinski definition) is 2. The molecule has 3 N–H and O–H groups in total. The molecule has 1 aliphatic carbocycles. The summed E-state index contributed by atoms with van der Waals surface area (Å²) in [6.45, 7) is 0. The van der Waals surface area contributed by atoms with E-state index in [0.717, 1.165) is 41.1 Å². The summed E-state index contributed by atoms with van der Waals surface area (Å²) in [4.78, 5) is 17.5. The first kappa shape index (κ1) is 18.2. The molecule has 2 atom stereocenters. The highest BCUT2D eigenvalue weighted by molar-refractivity contribution is 7.15. The Balaban J connectivity index is 0.00000192. The molecule has 0 radical (unpaired) electrons. The Morgan fingerprint density at radius 3 is 2.87 bits per heavy atom. The molecule has 0 spiro atoms. The smallest absolute Gasteiger partial charge is 0.229 e. The molecular formula is C16H19Cl2N3OS. The lowest BCUT2D eigenvalue weighted by Gasteiger charge is -2.08. The Bertz CT molecular complexity index is 677. The first-order valence-electron chi connectivity index (χ1n) is 7.36. The SMILES string of the molecule is Cl.NC1CCC(C(=O)Nc2ncc(Cc3ccccc3Cl)s2)C1. The van der Waals surface area contributed by atoms with Gasteiger partial charge in [-0.1, -0.05) is 29.8 Å². The van der Waals surface area contributed by atoms with Gasteiger partial charge in [0.25, 0.3) is 0 Å². The third-order valence-corrected chi connectivity index (χ3v) is 5.23. The van der Waals surface area contributed by atoms with Crippen LogP contribution in [0.3, 0.4) is 0 Å². The van der Waals surface area contributed by atoms with Crippen molar-refractivity contribution in [3.8, 4) is 0 Å². The monoisotopic (exact) mass is 371 g/mol. The van der Waals surface area contributed by atoms with E-state index in [1.165, 1.54) is 11.3 Å². The minimum Gasteiger partial charge on any atom is -0.328 e. The quantitative estimate of drug-likeness (QED) is 0.856. The first-order chi connectivity index (χ1) is 10.6. The number of aromatic nitrogens is 1. The minimum absolute atomic E-state index is 0. The van der Waals surface area contributed by atoms with Crippen LogP contribution in [0.1, 0.15) is 29.7 Å². The van der Waals surface area contributed by atoms with Gasteiger partial charge in [-0.15, -0.1) is 23.7 Å². The Morgan fingerprint density at radius 1 is 1.39 bits per heavy atom. The Hall–Kier alpha value is -1.14. The van der Waals surface area contributed by atoms with E-state index in [-0.39, 0.29) is 30.3 Å². The van der Waals surface area contributed by atoms with E-state index in [9.17, 15) is 4.79 Å². The van der Waals surface area contributed by atoms with Gasteiger partial charge in [0, 0.05) is 34.5 Å². The number of carbonyl (C=O) groups is 1. The maximum absolute atomic E-state index is 12.2. The van der Waals surface area contributed by atoms with Crippen LogP contribution in [-0.4, -0.2) is 16.9 Å². The normalized spacial score (nSPS) is 20.1. The Labute approximate surface area is 150 Å². The van der Waals surface area contributed by atoms with Crippen LogP contribution < -0.4 is 11.1 Å². The number of anilines is 1. The molecule has 124 valence electrons. The lowest BCUT2D eigenvalue weighted by molar-refractivity contribution is -0.119. The third kappa shape index (κ3) is 4.67. The van der Waals surface area contributed by atoms with E-state index >= 15 is 0 Å². The highest BCUT2D eigenvalue weighted by Gasteiger charge is 2.28. The number of nitrogens with one attached hydrogen (secondary N) is 1. The lowest BCUT2D eigenvalue weighted by Crippen LogP contribution is -2.23. The van der Waals surface area contributed by atoms with Crippen LogP contribution in [0.5, 0.6) is 0 Å². The van der Waals surface area contributed by atoms with E-state index < -0.39 is 0 Å². The van der Waals surface area contributed by atoms with Crippen molar-refractivity contribution in [2.45, 2.75) is 31.7 Å². The van der Waals surface area contributed by atoms with Crippen LogP contribution in [0, 0.1) is 5.92 Å². The minimum atomic E-state index is 0. The van der Waals surface area contributed by atoms with Crippen molar-refractivity contribution in [2.75, 3.05) is 5.32 Å². The van der Waals surface area contributed by atoms with Crippen molar-refractivity contribution in [2.24, 2.45) is 11.7 Å². The molecule has 4 nitrogen and oxygen atoms in total. The van der Waals surface area contributed by atoms with E-state index in [0.29, 0.717) is 5.13 Å². The summed E-state index contributed by atoms with van der Waals surface area (Å²) in [7, 11) is 0. The predicted molar refractivity (Wildman–Crippen MR) is 97.6 cm³/mol. The fraction of sp³-hybridized carbons (Fsp3) is 0.375. The summed E-state index contributed by atoms with van der Waals surface area (Å²) in [5, 5.41) is 4.30. The molecule has 0 bridgehead atoms. The Kier molecular flexibility index (Phi) is 6.41. The van der Waals surface area contributed by atoms with E-state index in [1.807, 2.05) is 24.3 Å². The van der Waals surface area contributed by atoms with Crippen molar-refractivity contribution in [3.05, 3.63) is 45.9 Å². The maximum atomic E-state index is 12.2. The van der Waals surface area contributed by atoms with Gasteiger partial charge in [0.1, 0.15) is 0 Å². The molecule has 1 aliphatic rings. The maximum Gasteiger partial charge on any atom is 0.229 e. The van der Waals surface area contributed by atoms with Gasteiger partial charge in [0.15, 0.2) is 5.13 Å². The van der Waals surface area contributed by atoms with Crippen molar-refractivity contribution < 1.29 is 4.79 Å². The standard InChI is InChI=1S/C16H18ClN3OS.ClH/c17-14-4-2-1-3-10(14)8-13-9-19-16(22-13)20-15(21)11-5-6-12(18)7-11;/h1-4,9,11-12H,5-8,18H2,(H,19,20,21);1H. The lowest BCUT2D eigenvalue weighted by atomic mass is 10.1. The van der Waals surface area contributed by atoms with Gasteiger partial charge >= 0.3 is 0 Å². The second-order valence-corrected chi connectivity index (χ2v) is 7.18. The number of thiazole rings is 1. The molecule has 2 unspecified atom stereocenters. The molecule has 1 fully saturated rings. The average Bonchev–Trinajstić information content (AvgIpc) is 3.11. The van der Waals surface area contributed by atoms with Crippen LogP contribution in [0.4, 0.5) is 5.13 Å². The first-order valence-corrected chi connectivity index (χ1v) is 8.56. The van der Waals surface area contributed by atoms with Crippen LogP contribution in [0.15, 0.2) is 30.5 Å². The number of rotatable bonds is 4. The second-order valence-electron chi connectivity index (χ2n) is 5.66. The molecule has 2 aromatic rings. The number of benzene rings is 1. The molecule has 1 heterocycles.